The number of rotatable bonds is 2. The van der Waals surface area contributed by atoms with E-state index in [4.69, 9.17) is 4.74 Å². The van der Waals surface area contributed by atoms with Gasteiger partial charge in [0.1, 0.15) is 0 Å². The molecule has 2 amide bonds. The molecule has 1 saturated carbocycles. The normalized spacial score (nSPS) is 23.9. The second-order valence-corrected chi connectivity index (χ2v) is 6.25. The van der Waals surface area contributed by atoms with Crippen molar-refractivity contribution in [3.05, 3.63) is 0 Å². The van der Waals surface area contributed by atoms with Crippen LogP contribution in [0.3, 0.4) is 0 Å². The summed E-state index contributed by atoms with van der Waals surface area (Å²) in [4.78, 5) is 13.6. The third-order valence-electron chi connectivity index (χ3n) is 3.06. The van der Waals surface area contributed by atoms with Gasteiger partial charge in [0.15, 0.2) is 0 Å². The highest BCUT2D eigenvalue weighted by atomic mass is 16.5. The fourth-order valence-electron chi connectivity index (χ4n) is 1.83. The third-order valence-corrected chi connectivity index (χ3v) is 3.06. The second kappa shape index (κ2) is 3.62. The zero-order chi connectivity index (χ0) is 12.0. The summed E-state index contributed by atoms with van der Waals surface area (Å²) in [7, 11) is 0. The molecule has 4 heteroatoms. The molecular formula is C12H22N2O2. The van der Waals surface area contributed by atoms with Crippen molar-refractivity contribution in [3.63, 3.8) is 0 Å². The van der Waals surface area contributed by atoms with Crippen LogP contribution in [-0.2, 0) is 4.74 Å². The Morgan fingerprint density at radius 2 is 1.94 bits per heavy atom. The minimum Gasteiger partial charge on any atom is -0.369 e. The van der Waals surface area contributed by atoms with E-state index in [1.54, 1.807) is 0 Å². The largest absolute Gasteiger partial charge is 0.369 e. The van der Waals surface area contributed by atoms with Gasteiger partial charge in [-0.1, -0.05) is 0 Å². The number of nitrogens with one attached hydrogen (secondary N) is 1. The number of ether oxygens (including phenoxy) is 1. The number of urea groups is 1. The molecule has 1 aliphatic heterocycles. The van der Waals surface area contributed by atoms with Gasteiger partial charge in [-0.25, -0.2) is 4.79 Å². The molecule has 2 fully saturated rings. The monoisotopic (exact) mass is 226 g/mol. The van der Waals surface area contributed by atoms with Gasteiger partial charge in [0.2, 0.25) is 0 Å². The molecule has 92 valence electrons. The number of hydrogen-bond donors (Lipinski definition) is 1. The summed E-state index contributed by atoms with van der Waals surface area (Å²) < 4.78 is 5.78. The van der Waals surface area contributed by atoms with E-state index in [1.807, 2.05) is 25.7 Å². The summed E-state index contributed by atoms with van der Waals surface area (Å²) >= 11 is 0. The van der Waals surface area contributed by atoms with Crippen molar-refractivity contribution in [2.75, 3.05) is 13.1 Å². The van der Waals surface area contributed by atoms with E-state index in [-0.39, 0.29) is 23.3 Å². The van der Waals surface area contributed by atoms with Gasteiger partial charge in [-0.3, -0.25) is 0 Å². The summed E-state index contributed by atoms with van der Waals surface area (Å²) in [6.45, 7) is 9.66. The van der Waals surface area contributed by atoms with Gasteiger partial charge >= 0.3 is 6.03 Å². The predicted octanol–water partition coefficient (Wildman–Crippen LogP) is 1.75. The summed E-state index contributed by atoms with van der Waals surface area (Å²) in [5.74, 6) is 0. The molecule has 1 N–H and O–H groups in total. The van der Waals surface area contributed by atoms with Crippen LogP contribution < -0.4 is 5.32 Å². The predicted molar refractivity (Wildman–Crippen MR) is 62.4 cm³/mol. The van der Waals surface area contributed by atoms with Gasteiger partial charge < -0.3 is 15.0 Å². The number of nitrogens with zero attached hydrogens (tertiary/aromatic N) is 1. The van der Waals surface area contributed by atoms with Gasteiger partial charge in [0, 0.05) is 5.54 Å². The standard InChI is InChI=1S/C12H22N2O2/c1-11(2,3)16-9-7-14(8-9)10(15)13-12(4)5-6-12/h9H,5-8H2,1-4H3,(H,13,15). The summed E-state index contributed by atoms with van der Waals surface area (Å²) in [6.07, 6.45) is 2.42. The fourth-order valence-corrected chi connectivity index (χ4v) is 1.83. The molecule has 0 aromatic heterocycles. The number of amides is 2. The number of hydrogen-bond acceptors (Lipinski definition) is 2. The first kappa shape index (κ1) is 11.7. The van der Waals surface area contributed by atoms with Crippen LogP contribution in [0.4, 0.5) is 4.79 Å². The highest BCUT2D eigenvalue weighted by molar-refractivity contribution is 5.76. The van der Waals surface area contributed by atoms with E-state index in [0.717, 1.165) is 25.9 Å². The summed E-state index contributed by atoms with van der Waals surface area (Å²) in [5.41, 5.74) is -0.0389. The van der Waals surface area contributed by atoms with Crippen LogP contribution in [0.1, 0.15) is 40.5 Å². The molecule has 4 nitrogen and oxygen atoms in total. The molecule has 1 saturated heterocycles. The molecule has 0 atom stereocenters. The van der Waals surface area contributed by atoms with Crippen molar-refractivity contribution in [1.82, 2.24) is 10.2 Å². The van der Waals surface area contributed by atoms with Crippen molar-refractivity contribution in [2.45, 2.75) is 57.8 Å². The summed E-state index contributed by atoms with van der Waals surface area (Å²) in [6, 6.07) is 0.0637. The zero-order valence-corrected chi connectivity index (χ0v) is 10.7. The van der Waals surface area contributed by atoms with Crippen molar-refractivity contribution in [2.24, 2.45) is 0 Å². The first-order valence-corrected chi connectivity index (χ1v) is 6.02. The molecule has 0 radical (unpaired) electrons. The lowest BCUT2D eigenvalue weighted by atomic mass is 10.1. The molecule has 1 heterocycles. The maximum absolute atomic E-state index is 11.8. The minimum absolute atomic E-state index is 0.0637. The average Bonchev–Trinajstić information content (AvgIpc) is 2.72. The van der Waals surface area contributed by atoms with Crippen LogP contribution in [0, 0.1) is 0 Å². The fraction of sp³-hybridized carbons (Fsp3) is 0.917. The molecule has 0 spiro atoms. The Morgan fingerprint density at radius 1 is 1.38 bits per heavy atom. The Kier molecular flexibility index (Phi) is 2.65. The van der Waals surface area contributed by atoms with Crippen LogP contribution in [0.2, 0.25) is 0 Å². The van der Waals surface area contributed by atoms with Crippen LogP contribution in [0.5, 0.6) is 0 Å². The lowest BCUT2D eigenvalue weighted by Crippen LogP contribution is -2.60. The molecule has 2 aliphatic rings. The lowest BCUT2D eigenvalue weighted by Gasteiger charge is -2.42. The highest BCUT2D eigenvalue weighted by Crippen LogP contribution is 2.34. The van der Waals surface area contributed by atoms with Crippen LogP contribution >= 0.6 is 0 Å². The van der Waals surface area contributed by atoms with E-state index in [2.05, 4.69) is 12.2 Å². The highest BCUT2D eigenvalue weighted by Gasteiger charge is 2.42. The Balaban J connectivity index is 1.69. The minimum atomic E-state index is -0.115. The van der Waals surface area contributed by atoms with Crippen LogP contribution in [0.15, 0.2) is 0 Å². The smallest absolute Gasteiger partial charge is 0.317 e. The molecule has 0 aromatic rings. The van der Waals surface area contributed by atoms with Gasteiger partial charge in [0.25, 0.3) is 0 Å². The Bertz CT molecular complexity index is 286. The van der Waals surface area contributed by atoms with Crippen molar-refractivity contribution >= 4 is 6.03 Å². The molecular weight excluding hydrogens is 204 g/mol. The zero-order valence-electron chi connectivity index (χ0n) is 10.7. The van der Waals surface area contributed by atoms with Crippen LogP contribution in [-0.4, -0.2) is 41.3 Å². The Labute approximate surface area is 97.3 Å². The Morgan fingerprint density at radius 3 is 2.38 bits per heavy atom. The van der Waals surface area contributed by atoms with E-state index < -0.39 is 0 Å². The first-order valence-electron chi connectivity index (χ1n) is 6.02. The second-order valence-electron chi connectivity index (χ2n) is 6.25. The average molecular weight is 226 g/mol. The van der Waals surface area contributed by atoms with Gasteiger partial charge in [-0.15, -0.1) is 0 Å². The molecule has 0 aromatic carbocycles. The van der Waals surface area contributed by atoms with E-state index in [9.17, 15) is 4.79 Å². The molecule has 1 aliphatic carbocycles. The van der Waals surface area contributed by atoms with Crippen molar-refractivity contribution in [3.8, 4) is 0 Å². The van der Waals surface area contributed by atoms with E-state index in [1.165, 1.54) is 0 Å². The molecule has 2 rings (SSSR count). The van der Waals surface area contributed by atoms with E-state index >= 15 is 0 Å². The maximum Gasteiger partial charge on any atom is 0.317 e. The number of carbonyl (C=O) groups is 1. The summed E-state index contributed by atoms with van der Waals surface area (Å²) in [5, 5.41) is 3.05. The third kappa shape index (κ3) is 2.88. The topological polar surface area (TPSA) is 41.6 Å². The molecule has 16 heavy (non-hydrogen) atoms. The van der Waals surface area contributed by atoms with Crippen LogP contribution in [0.25, 0.3) is 0 Å². The molecule has 0 bridgehead atoms. The lowest BCUT2D eigenvalue weighted by molar-refractivity contribution is -0.111. The Hall–Kier alpha value is -0.770. The van der Waals surface area contributed by atoms with Crippen molar-refractivity contribution < 1.29 is 9.53 Å². The SMILES string of the molecule is CC1(NC(=O)N2CC(OC(C)(C)C)C2)CC1. The molecule has 0 unspecified atom stereocenters. The first-order chi connectivity index (χ1) is 7.27. The van der Waals surface area contributed by atoms with E-state index in [0.29, 0.717) is 0 Å². The quantitative estimate of drug-likeness (QED) is 0.779. The van der Waals surface area contributed by atoms with Crippen molar-refractivity contribution in [1.29, 1.82) is 0 Å². The van der Waals surface area contributed by atoms with Gasteiger partial charge in [0.05, 0.1) is 24.8 Å². The van der Waals surface area contributed by atoms with Gasteiger partial charge in [-0.2, -0.15) is 0 Å². The number of carbonyl (C=O) groups excluding carboxylic acids is 1. The van der Waals surface area contributed by atoms with Gasteiger partial charge in [-0.05, 0) is 40.5 Å². The number of likely N-dealkylation sites (tertiary alicyclic amines) is 1. The maximum atomic E-state index is 11.8.